The number of rotatable bonds is 6. The molecule has 1 unspecified atom stereocenters. The summed E-state index contributed by atoms with van der Waals surface area (Å²) in [6, 6.07) is 10.6. The number of nitrogens with one attached hydrogen (secondary N) is 1. The lowest BCUT2D eigenvalue weighted by atomic mass is 9.98. The molecule has 1 saturated heterocycles. The lowest BCUT2D eigenvalue weighted by Crippen LogP contribution is -2.43. The molecular formula is C20H25N3O4S2. The number of thiophene rings is 1. The number of anilines is 1. The minimum absolute atomic E-state index is 0.0622. The topological polar surface area (TPSA) is 86.8 Å². The summed E-state index contributed by atoms with van der Waals surface area (Å²) in [5.74, 6) is -0.682. The van der Waals surface area contributed by atoms with E-state index in [1.165, 1.54) is 22.6 Å². The zero-order chi connectivity index (χ0) is 21.0. The van der Waals surface area contributed by atoms with Crippen molar-refractivity contribution in [3.8, 4) is 0 Å². The van der Waals surface area contributed by atoms with E-state index < -0.39 is 15.9 Å². The maximum Gasteiger partial charge on any atom is 0.252 e. The van der Waals surface area contributed by atoms with Gasteiger partial charge in [-0.1, -0.05) is 24.3 Å². The Morgan fingerprint density at radius 1 is 1.24 bits per heavy atom. The molecule has 0 radical (unpaired) electrons. The van der Waals surface area contributed by atoms with E-state index in [0.717, 1.165) is 5.56 Å². The number of amides is 2. The highest BCUT2D eigenvalue weighted by Gasteiger charge is 2.34. The Bertz CT molecular complexity index is 973. The van der Waals surface area contributed by atoms with Gasteiger partial charge in [0.15, 0.2) is 0 Å². The molecule has 9 heteroatoms. The van der Waals surface area contributed by atoms with Crippen molar-refractivity contribution in [2.75, 3.05) is 25.5 Å². The molecule has 1 aliphatic rings. The van der Waals surface area contributed by atoms with Crippen molar-refractivity contribution in [3.63, 3.8) is 0 Å². The molecule has 1 aromatic carbocycles. The molecule has 3 rings (SSSR count). The molecule has 0 bridgehead atoms. The molecule has 1 fully saturated rings. The molecular weight excluding hydrogens is 410 g/mol. The van der Waals surface area contributed by atoms with Gasteiger partial charge in [0.2, 0.25) is 11.8 Å². The maximum atomic E-state index is 12.9. The van der Waals surface area contributed by atoms with Gasteiger partial charge in [-0.05, 0) is 35.9 Å². The van der Waals surface area contributed by atoms with Crippen molar-refractivity contribution in [1.82, 2.24) is 9.21 Å². The standard InChI is InChI=1S/C20H25N3O4S2/c1-15(24)22(2)13-16-7-3-4-9-18(16)21-20(25)17-8-5-11-23(14-17)29(26,27)19-10-6-12-28-19/h3-4,6-7,9-10,12,17H,5,8,11,13-14H2,1-2H3,(H,21,25). The number of hydrogen-bond donors (Lipinski definition) is 1. The van der Waals surface area contributed by atoms with Gasteiger partial charge in [-0.25, -0.2) is 8.42 Å². The van der Waals surface area contributed by atoms with Gasteiger partial charge in [-0.2, -0.15) is 4.31 Å². The summed E-state index contributed by atoms with van der Waals surface area (Å²) in [5, 5.41) is 4.67. The molecule has 7 nitrogen and oxygen atoms in total. The first kappa shape index (κ1) is 21.5. The van der Waals surface area contributed by atoms with Gasteiger partial charge in [0.05, 0.1) is 5.92 Å². The van der Waals surface area contributed by atoms with Crippen LogP contribution in [0.1, 0.15) is 25.3 Å². The van der Waals surface area contributed by atoms with Crippen LogP contribution in [-0.2, 0) is 26.2 Å². The maximum absolute atomic E-state index is 12.9. The summed E-state index contributed by atoms with van der Waals surface area (Å²) in [6.45, 7) is 2.47. The summed E-state index contributed by atoms with van der Waals surface area (Å²) in [7, 11) is -1.86. The molecule has 0 aliphatic carbocycles. The van der Waals surface area contributed by atoms with E-state index in [-0.39, 0.29) is 18.4 Å². The molecule has 156 valence electrons. The molecule has 0 spiro atoms. The second kappa shape index (κ2) is 9.06. The second-order valence-electron chi connectivity index (χ2n) is 7.16. The van der Waals surface area contributed by atoms with Crippen molar-refractivity contribution >= 4 is 38.9 Å². The normalized spacial score (nSPS) is 17.7. The number of benzene rings is 1. The van der Waals surface area contributed by atoms with E-state index in [2.05, 4.69) is 5.32 Å². The van der Waals surface area contributed by atoms with Crippen LogP contribution in [-0.4, -0.2) is 49.6 Å². The van der Waals surface area contributed by atoms with Gasteiger partial charge >= 0.3 is 0 Å². The van der Waals surface area contributed by atoms with Crippen LogP contribution in [0, 0.1) is 5.92 Å². The first-order chi connectivity index (χ1) is 13.8. The summed E-state index contributed by atoms with van der Waals surface area (Å²) < 4.78 is 27.3. The Morgan fingerprint density at radius 3 is 2.69 bits per heavy atom. The highest BCUT2D eigenvalue weighted by Crippen LogP contribution is 2.27. The minimum atomic E-state index is -3.56. The molecule has 1 aromatic heterocycles. The highest BCUT2D eigenvalue weighted by atomic mass is 32.2. The van der Waals surface area contributed by atoms with E-state index in [1.54, 1.807) is 35.5 Å². The average molecular weight is 436 g/mol. The molecule has 2 heterocycles. The zero-order valence-corrected chi connectivity index (χ0v) is 18.1. The number of para-hydroxylation sites is 1. The van der Waals surface area contributed by atoms with E-state index >= 15 is 0 Å². The van der Waals surface area contributed by atoms with Gasteiger partial charge in [0.1, 0.15) is 4.21 Å². The molecule has 29 heavy (non-hydrogen) atoms. The van der Waals surface area contributed by atoms with E-state index in [1.807, 2.05) is 18.2 Å². The third-order valence-corrected chi connectivity index (χ3v) is 8.30. The summed E-state index contributed by atoms with van der Waals surface area (Å²) >= 11 is 1.18. The molecule has 1 aliphatic heterocycles. The first-order valence-electron chi connectivity index (χ1n) is 9.43. The van der Waals surface area contributed by atoms with Gasteiger partial charge < -0.3 is 10.2 Å². The van der Waals surface area contributed by atoms with Crippen LogP contribution in [0.15, 0.2) is 46.0 Å². The number of piperidine rings is 1. The first-order valence-corrected chi connectivity index (χ1v) is 11.7. The van der Waals surface area contributed by atoms with E-state index in [4.69, 9.17) is 0 Å². The summed E-state index contributed by atoms with van der Waals surface area (Å²) in [6.07, 6.45) is 1.27. The van der Waals surface area contributed by atoms with Crippen LogP contribution < -0.4 is 5.32 Å². The van der Waals surface area contributed by atoms with Crippen molar-refractivity contribution in [1.29, 1.82) is 0 Å². The number of carbonyl (C=O) groups is 2. The summed E-state index contributed by atoms with van der Waals surface area (Å²) in [4.78, 5) is 26.0. The van der Waals surface area contributed by atoms with Gasteiger partial charge in [0, 0.05) is 39.3 Å². The van der Waals surface area contributed by atoms with Crippen molar-refractivity contribution in [2.45, 2.75) is 30.5 Å². The monoisotopic (exact) mass is 435 g/mol. The van der Waals surface area contributed by atoms with Crippen molar-refractivity contribution in [2.24, 2.45) is 5.92 Å². The molecule has 2 amide bonds. The molecule has 1 atom stereocenters. The lowest BCUT2D eigenvalue weighted by molar-refractivity contribution is -0.128. The van der Waals surface area contributed by atoms with Crippen LogP contribution in [0.5, 0.6) is 0 Å². The SMILES string of the molecule is CC(=O)N(C)Cc1ccccc1NC(=O)C1CCCN(S(=O)(=O)c2cccs2)C1. The lowest BCUT2D eigenvalue weighted by Gasteiger charge is -2.31. The van der Waals surface area contributed by atoms with E-state index in [9.17, 15) is 18.0 Å². The van der Waals surface area contributed by atoms with Crippen LogP contribution in [0.4, 0.5) is 5.69 Å². The summed E-state index contributed by atoms with van der Waals surface area (Å²) in [5.41, 5.74) is 1.47. The second-order valence-corrected chi connectivity index (χ2v) is 10.3. The quantitative estimate of drug-likeness (QED) is 0.756. The highest BCUT2D eigenvalue weighted by molar-refractivity contribution is 7.91. The van der Waals surface area contributed by atoms with Crippen molar-refractivity contribution in [3.05, 3.63) is 47.3 Å². The fourth-order valence-corrected chi connectivity index (χ4v) is 5.96. The molecule has 2 aromatic rings. The van der Waals surface area contributed by atoms with Gasteiger partial charge in [-0.15, -0.1) is 11.3 Å². The van der Waals surface area contributed by atoms with Gasteiger partial charge in [-0.3, -0.25) is 9.59 Å². The smallest absolute Gasteiger partial charge is 0.252 e. The average Bonchev–Trinajstić information content (AvgIpc) is 3.25. The Labute approximate surface area is 175 Å². The van der Waals surface area contributed by atoms with Crippen molar-refractivity contribution < 1.29 is 18.0 Å². The van der Waals surface area contributed by atoms with Crippen LogP contribution in [0.3, 0.4) is 0 Å². The molecule has 1 N–H and O–H groups in total. The third-order valence-electron chi connectivity index (χ3n) is 5.06. The number of nitrogens with zero attached hydrogens (tertiary/aromatic N) is 2. The Hall–Kier alpha value is -2.23. The fraction of sp³-hybridized carbons (Fsp3) is 0.400. The number of hydrogen-bond acceptors (Lipinski definition) is 5. The predicted octanol–water partition coefficient (Wildman–Crippen LogP) is 2.77. The Balaban J connectivity index is 1.71. The van der Waals surface area contributed by atoms with Gasteiger partial charge in [0.25, 0.3) is 10.0 Å². The fourth-order valence-electron chi connectivity index (χ4n) is 3.29. The number of sulfonamides is 1. The third kappa shape index (κ3) is 5.04. The largest absolute Gasteiger partial charge is 0.342 e. The number of carbonyl (C=O) groups excluding carboxylic acids is 2. The Morgan fingerprint density at radius 2 is 2.00 bits per heavy atom. The van der Waals surface area contributed by atoms with E-state index in [0.29, 0.717) is 35.8 Å². The molecule has 0 saturated carbocycles. The minimum Gasteiger partial charge on any atom is -0.342 e. The van der Waals surface area contributed by atoms with Crippen LogP contribution in [0.25, 0.3) is 0 Å². The Kier molecular flexibility index (Phi) is 6.71. The van der Waals surface area contributed by atoms with Crippen LogP contribution in [0.2, 0.25) is 0 Å². The predicted molar refractivity (Wildman–Crippen MR) is 113 cm³/mol. The van der Waals surface area contributed by atoms with Crippen LogP contribution >= 0.6 is 11.3 Å². The zero-order valence-electron chi connectivity index (χ0n) is 16.5.